The first-order valence-corrected chi connectivity index (χ1v) is 6.50. The second-order valence-corrected chi connectivity index (χ2v) is 4.45. The van der Waals surface area contributed by atoms with Crippen LogP contribution in [0, 0.1) is 5.21 Å². The summed E-state index contributed by atoms with van der Waals surface area (Å²) in [5.74, 6) is -0.413. The van der Waals surface area contributed by atoms with Crippen LogP contribution in [0.4, 0.5) is 4.79 Å². The van der Waals surface area contributed by atoms with Gasteiger partial charge >= 0.3 is 6.03 Å². The van der Waals surface area contributed by atoms with Crippen LogP contribution < -0.4 is 15.4 Å². The molecular formula is C11H15N3O3S. The van der Waals surface area contributed by atoms with Crippen LogP contribution in [0.2, 0.25) is 0 Å². The zero-order valence-electron chi connectivity index (χ0n) is 10.0. The Morgan fingerprint density at radius 1 is 1.44 bits per heavy atom. The summed E-state index contributed by atoms with van der Waals surface area (Å²) in [4.78, 5) is 22.6. The second-order valence-electron chi connectivity index (χ2n) is 3.46. The number of pyridine rings is 1. The fourth-order valence-electron chi connectivity index (χ4n) is 1.11. The van der Waals surface area contributed by atoms with E-state index in [1.54, 1.807) is 18.2 Å². The Balaban J connectivity index is 2.33. The smallest absolute Gasteiger partial charge is 0.321 e. The molecule has 2 N–H and O–H groups in total. The van der Waals surface area contributed by atoms with Gasteiger partial charge in [0.2, 0.25) is 5.91 Å². The molecule has 18 heavy (non-hydrogen) atoms. The number of carbonyl (C=O) groups is 2. The van der Waals surface area contributed by atoms with Gasteiger partial charge in [-0.25, -0.2) is 4.79 Å². The molecule has 6 nitrogen and oxygen atoms in total. The predicted molar refractivity (Wildman–Crippen MR) is 68.0 cm³/mol. The molecular weight excluding hydrogens is 254 g/mol. The monoisotopic (exact) mass is 269 g/mol. The van der Waals surface area contributed by atoms with Crippen LogP contribution in [-0.2, 0) is 4.79 Å². The van der Waals surface area contributed by atoms with Gasteiger partial charge in [-0.15, -0.1) is 0 Å². The minimum Gasteiger partial charge on any atom is -0.618 e. The van der Waals surface area contributed by atoms with E-state index in [2.05, 4.69) is 10.6 Å². The van der Waals surface area contributed by atoms with Crippen LogP contribution in [0.15, 0.2) is 29.4 Å². The number of amides is 3. The van der Waals surface area contributed by atoms with E-state index in [-0.39, 0.29) is 5.75 Å². The van der Waals surface area contributed by atoms with Gasteiger partial charge in [-0.2, -0.15) is 4.73 Å². The molecule has 0 bridgehead atoms. The molecule has 1 aromatic heterocycles. The summed E-state index contributed by atoms with van der Waals surface area (Å²) >= 11 is 1.08. The van der Waals surface area contributed by atoms with Crippen molar-refractivity contribution in [1.82, 2.24) is 10.6 Å². The van der Waals surface area contributed by atoms with E-state index in [9.17, 15) is 14.8 Å². The van der Waals surface area contributed by atoms with E-state index in [1.807, 2.05) is 6.92 Å². The molecule has 1 aromatic rings. The van der Waals surface area contributed by atoms with Crippen LogP contribution in [-0.4, -0.2) is 24.2 Å². The van der Waals surface area contributed by atoms with E-state index < -0.39 is 11.9 Å². The second kappa shape index (κ2) is 7.54. The average Bonchev–Trinajstić information content (AvgIpc) is 2.35. The standard InChI is InChI=1S/C11H15N3O3S/c1-2-6-12-11(16)13-9(15)8-18-10-5-3-4-7-14(10)17/h3-5,7H,2,6,8H2,1H3,(H2,12,13,15,16). The maximum absolute atomic E-state index is 11.4. The number of hydrogen-bond donors (Lipinski definition) is 2. The number of nitrogens with one attached hydrogen (secondary N) is 2. The van der Waals surface area contributed by atoms with Gasteiger partial charge in [-0.1, -0.05) is 6.92 Å². The number of urea groups is 1. The van der Waals surface area contributed by atoms with Gasteiger partial charge < -0.3 is 10.5 Å². The van der Waals surface area contributed by atoms with Crippen LogP contribution in [0.25, 0.3) is 0 Å². The summed E-state index contributed by atoms with van der Waals surface area (Å²) in [6.45, 7) is 2.44. The summed E-state index contributed by atoms with van der Waals surface area (Å²) in [7, 11) is 0. The van der Waals surface area contributed by atoms with Crippen LogP contribution in [0.1, 0.15) is 13.3 Å². The molecule has 0 fully saturated rings. The first kappa shape index (κ1) is 14.3. The van der Waals surface area contributed by atoms with Gasteiger partial charge in [0.25, 0.3) is 5.03 Å². The van der Waals surface area contributed by atoms with Gasteiger partial charge in [0.1, 0.15) is 0 Å². The molecule has 98 valence electrons. The van der Waals surface area contributed by atoms with E-state index in [0.29, 0.717) is 16.3 Å². The van der Waals surface area contributed by atoms with Gasteiger partial charge in [0.15, 0.2) is 6.20 Å². The van der Waals surface area contributed by atoms with Gasteiger partial charge in [0, 0.05) is 18.7 Å². The highest BCUT2D eigenvalue weighted by atomic mass is 32.2. The lowest BCUT2D eigenvalue weighted by Crippen LogP contribution is -2.40. The Kier molecular flexibility index (Phi) is 5.99. The number of hydrogen-bond acceptors (Lipinski definition) is 4. The van der Waals surface area contributed by atoms with Gasteiger partial charge in [0.05, 0.1) is 5.75 Å². The Labute approximate surface area is 109 Å². The normalized spacial score (nSPS) is 9.83. The molecule has 3 amide bonds. The van der Waals surface area contributed by atoms with Crippen molar-refractivity contribution < 1.29 is 14.3 Å². The lowest BCUT2D eigenvalue weighted by Gasteiger charge is -2.05. The Bertz CT molecular complexity index is 426. The highest BCUT2D eigenvalue weighted by molar-refractivity contribution is 7.99. The third kappa shape index (κ3) is 5.05. The minimum absolute atomic E-state index is 0.0196. The maximum Gasteiger partial charge on any atom is 0.321 e. The topological polar surface area (TPSA) is 85.1 Å². The molecule has 0 atom stereocenters. The van der Waals surface area contributed by atoms with Crippen molar-refractivity contribution in [3.8, 4) is 0 Å². The van der Waals surface area contributed by atoms with Crippen molar-refractivity contribution in [3.05, 3.63) is 29.6 Å². The van der Waals surface area contributed by atoms with Crippen molar-refractivity contribution in [2.45, 2.75) is 18.4 Å². The maximum atomic E-state index is 11.4. The predicted octanol–water partition coefficient (Wildman–Crippen LogP) is 0.648. The van der Waals surface area contributed by atoms with Crippen molar-refractivity contribution in [2.75, 3.05) is 12.3 Å². The van der Waals surface area contributed by atoms with Crippen molar-refractivity contribution in [2.24, 2.45) is 0 Å². The summed E-state index contributed by atoms with van der Waals surface area (Å²) in [6, 6.07) is 4.42. The van der Waals surface area contributed by atoms with Gasteiger partial charge in [-0.05, 0) is 24.2 Å². The zero-order chi connectivity index (χ0) is 13.4. The first-order valence-electron chi connectivity index (χ1n) is 5.52. The van der Waals surface area contributed by atoms with Crippen LogP contribution in [0.5, 0.6) is 0 Å². The fraction of sp³-hybridized carbons (Fsp3) is 0.364. The number of nitrogens with zero attached hydrogens (tertiary/aromatic N) is 1. The molecule has 0 aliphatic heterocycles. The SMILES string of the molecule is CCCNC(=O)NC(=O)CSc1cccc[n+]1[O-]. The van der Waals surface area contributed by atoms with Crippen molar-refractivity contribution in [3.63, 3.8) is 0 Å². The third-order valence-corrected chi connectivity index (χ3v) is 2.95. The van der Waals surface area contributed by atoms with E-state index in [1.165, 1.54) is 6.20 Å². The molecule has 0 saturated heterocycles. The Morgan fingerprint density at radius 3 is 2.89 bits per heavy atom. The van der Waals surface area contributed by atoms with Gasteiger partial charge in [-0.3, -0.25) is 10.1 Å². The van der Waals surface area contributed by atoms with Crippen LogP contribution >= 0.6 is 11.8 Å². The highest BCUT2D eigenvalue weighted by Gasteiger charge is 2.11. The zero-order valence-corrected chi connectivity index (χ0v) is 10.8. The van der Waals surface area contributed by atoms with Crippen molar-refractivity contribution >= 4 is 23.7 Å². The number of thioether (sulfide) groups is 1. The number of imide groups is 1. The lowest BCUT2D eigenvalue weighted by molar-refractivity contribution is -0.645. The third-order valence-electron chi connectivity index (χ3n) is 1.93. The molecule has 0 aliphatic carbocycles. The molecule has 1 rings (SSSR count). The number of rotatable bonds is 5. The van der Waals surface area contributed by atoms with Crippen LogP contribution in [0.3, 0.4) is 0 Å². The average molecular weight is 269 g/mol. The highest BCUT2D eigenvalue weighted by Crippen LogP contribution is 2.11. The van der Waals surface area contributed by atoms with E-state index in [4.69, 9.17) is 0 Å². The van der Waals surface area contributed by atoms with E-state index in [0.717, 1.165) is 18.2 Å². The summed E-state index contributed by atoms with van der Waals surface area (Å²) in [6.07, 6.45) is 2.16. The molecule has 1 heterocycles. The quantitative estimate of drug-likeness (QED) is 0.467. The molecule has 0 aromatic carbocycles. The number of carbonyl (C=O) groups excluding carboxylic acids is 2. The van der Waals surface area contributed by atoms with Crippen molar-refractivity contribution in [1.29, 1.82) is 0 Å². The first-order chi connectivity index (χ1) is 8.63. The molecule has 0 radical (unpaired) electrons. The summed E-state index contributed by atoms with van der Waals surface area (Å²) < 4.78 is 0.676. The molecule has 0 spiro atoms. The molecule has 0 saturated carbocycles. The number of aromatic nitrogens is 1. The lowest BCUT2D eigenvalue weighted by atomic mass is 10.5. The minimum atomic E-state index is -0.509. The largest absolute Gasteiger partial charge is 0.618 e. The van der Waals surface area contributed by atoms with E-state index >= 15 is 0 Å². The molecule has 0 unspecified atom stereocenters. The molecule has 0 aliphatic rings. The summed E-state index contributed by atoms with van der Waals surface area (Å²) in [5, 5.41) is 16.4. The Morgan fingerprint density at radius 2 is 2.22 bits per heavy atom. The fourth-order valence-corrected chi connectivity index (χ4v) is 1.82. The molecule has 7 heteroatoms. The Hall–Kier alpha value is -1.76. The summed E-state index contributed by atoms with van der Waals surface area (Å²) in [5.41, 5.74) is 0.